The zero-order valence-corrected chi connectivity index (χ0v) is 22.5. The quantitative estimate of drug-likeness (QED) is 0.108. The number of carboxylic acids is 3. The summed E-state index contributed by atoms with van der Waals surface area (Å²) in [6, 6.07) is -0.927. The van der Waals surface area contributed by atoms with Crippen LogP contribution in [-0.2, 0) is 24.0 Å². The van der Waals surface area contributed by atoms with Crippen molar-refractivity contribution in [2.45, 2.75) is 19.1 Å². The molecule has 0 aromatic rings. The van der Waals surface area contributed by atoms with Gasteiger partial charge in [-0.05, 0) is 6.92 Å². The number of carboxylic acid groups (broad SMARTS) is 3. The lowest BCUT2D eigenvalue weighted by Gasteiger charge is -2.33. The summed E-state index contributed by atoms with van der Waals surface area (Å²) < 4.78 is 0. The van der Waals surface area contributed by atoms with Crippen molar-refractivity contribution in [2.75, 3.05) is 90.8 Å². The van der Waals surface area contributed by atoms with Gasteiger partial charge in [0.15, 0.2) is 0 Å². The van der Waals surface area contributed by atoms with Gasteiger partial charge in [-0.15, -0.1) is 0 Å². The third kappa shape index (κ3) is 15.0. The van der Waals surface area contributed by atoms with E-state index in [1.165, 1.54) is 6.92 Å². The second-order valence-electron chi connectivity index (χ2n) is 9.18. The van der Waals surface area contributed by atoms with Gasteiger partial charge in [0.1, 0.15) is 6.04 Å². The first-order valence-electron chi connectivity index (χ1n) is 12.3. The fraction of sp³-hybridized carbons (Fsp3) is 0.773. The van der Waals surface area contributed by atoms with E-state index in [1.54, 1.807) is 19.6 Å². The minimum Gasteiger partial charge on any atom is -0.480 e. The van der Waals surface area contributed by atoms with Crippen molar-refractivity contribution in [3.8, 4) is 0 Å². The average Bonchev–Trinajstić information content (AvgIpc) is 2.81. The van der Waals surface area contributed by atoms with E-state index in [9.17, 15) is 44.4 Å². The lowest BCUT2D eigenvalue weighted by molar-refractivity contribution is -0.140. The Labute approximate surface area is 227 Å². The molecule has 1 aliphatic heterocycles. The molecule has 2 amide bonds. The van der Waals surface area contributed by atoms with Crippen LogP contribution in [-0.4, -0.2) is 173 Å². The van der Waals surface area contributed by atoms with Crippen molar-refractivity contribution in [3.63, 3.8) is 0 Å². The van der Waals surface area contributed by atoms with Gasteiger partial charge in [0.2, 0.25) is 11.8 Å². The second kappa shape index (κ2) is 17.9. The third-order valence-electron chi connectivity index (χ3n) is 5.78. The summed E-state index contributed by atoms with van der Waals surface area (Å²) in [5.41, 5.74) is 0. The number of aliphatic hydroxyl groups is 1. The van der Waals surface area contributed by atoms with Gasteiger partial charge in [-0.1, -0.05) is 0 Å². The Morgan fingerprint density at radius 2 is 1.05 bits per heavy atom. The van der Waals surface area contributed by atoms with Crippen molar-refractivity contribution in [3.05, 3.63) is 0 Å². The lowest BCUT2D eigenvalue weighted by Crippen LogP contribution is -2.53. The van der Waals surface area contributed by atoms with Crippen LogP contribution in [0, 0.1) is 0 Å². The number of hydrogen-bond acceptors (Lipinski definition) is 11. The van der Waals surface area contributed by atoms with E-state index in [-0.39, 0.29) is 90.8 Å². The molecule has 1 fully saturated rings. The van der Waals surface area contributed by atoms with Gasteiger partial charge < -0.3 is 31.1 Å². The van der Waals surface area contributed by atoms with Crippen molar-refractivity contribution in [2.24, 2.45) is 0 Å². The molecule has 0 aliphatic carbocycles. The second-order valence-corrected chi connectivity index (χ2v) is 9.55. The number of nitrogens with one attached hydrogen (secondary N) is 2. The number of nitrogens with zero attached hydrogens (tertiary/aromatic N) is 4. The van der Waals surface area contributed by atoms with E-state index >= 15 is 0 Å². The molecule has 38 heavy (non-hydrogen) atoms. The average molecular weight is 565 g/mol. The molecule has 1 heterocycles. The van der Waals surface area contributed by atoms with E-state index in [0.29, 0.717) is 0 Å². The van der Waals surface area contributed by atoms with Crippen LogP contribution in [0.15, 0.2) is 0 Å². The first kappa shape index (κ1) is 33.5. The monoisotopic (exact) mass is 564 g/mol. The predicted molar refractivity (Wildman–Crippen MR) is 139 cm³/mol. The SMILES string of the molecule is CC(O)CNC(=O)C(CS)NC(=O)CN1CCN(CC(=O)O)CCN(CC(=O)O)CCN(CC(=O)O)CC1. The summed E-state index contributed by atoms with van der Waals surface area (Å²) in [5, 5.41) is 42.3. The number of carbonyl (C=O) groups is 5. The van der Waals surface area contributed by atoms with E-state index in [1.807, 2.05) is 0 Å². The highest BCUT2D eigenvalue weighted by Crippen LogP contribution is 2.02. The predicted octanol–water partition coefficient (Wildman–Crippen LogP) is -3.63. The number of amides is 2. The van der Waals surface area contributed by atoms with Crippen LogP contribution >= 0.6 is 12.6 Å². The number of carbonyl (C=O) groups excluding carboxylic acids is 2. The number of aliphatic carboxylic acids is 3. The minimum absolute atomic E-state index is 0.0217. The standard InChI is InChI=1S/C22H40N6O9S/c1-16(29)10-23-22(37)17(15-38)24-18(30)11-25-2-4-26(12-19(31)32)6-8-28(14-21(35)36)9-7-27(5-3-25)13-20(33)34/h16-17,29,38H,2-15H2,1H3,(H,23,37)(H,24,30)(H,31,32)(H,33,34)(H,35,36). The molecule has 1 aliphatic rings. The molecular weight excluding hydrogens is 524 g/mol. The Hall–Kier alpha value is -2.50. The topological polar surface area (TPSA) is 203 Å². The highest BCUT2D eigenvalue weighted by Gasteiger charge is 2.23. The highest BCUT2D eigenvalue weighted by atomic mass is 32.1. The van der Waals surface area contributed by atoms with Crippen LogP contribution in [0.2, 0.25) is 0 Å². The summed E-state index contributed by atoms with van der Waals surface area (Å²) in [6.45, 7) is 2.78. The summed E-state index contributed by atoms with van der Waals surface area (Å²) >= 11 is 4.12. The Kier molecular flexibility index (Phi) is 15.8. The normalized spacial score (nSPS) is 18.9. The van der Waals surface area contributed by atoms with Gasteiger partial charge in [0.05, 0.1) is 32.3 Å². The van der Waals surface area contributed by atoms with Crippen molar-refractivity contribution >= 4 is 42.4 Å². The van der Waals surface area contributed by atoms with Gasteiger partial charge in [-0.2, -0.15) is 12.6 Å². The van der Waals surface area contributed by atoms with Gasteiger partial charge >= 0.3 is 17.9 Å². The number of hydrogen-bond donors (Lipinski definition) is 7. The largest absolute Gasteiger partial charge is 0.480 e. The van der Waals surface area contributed by atoms with E-state index < -0.39 is 41.9 Å². The van der Waals surface area contributed by atoms with Crippen LogP contribution in [0.5, 0.6) is 0 Å². The molecule has 1 rings (SSSR count). The Balaban J connectivity index is 2.95. The molecule has 218 valence electrons. The van der Waals surface area contributed by atoms with Crippen LogP contribution in [0.25, 0.3) is 0 Å². The molecule has 0 saturated carbocycles. The maximum atomic E-state index is 12.8. The summed E-state index contributed by atoms with van der Waals surface area (Å²) in [7, 11) is 0. The van der Waals surface area contributed by atoms with Gasteiger partial charge in [-0.25, -0.2) is 0 Å². The van der Waals surface area contributed by atoms with Gasteiger partial charge in [0, 0.05) is 64.7 Å². The molecule has 0 radical (unpaired) electrons. The maximum Gasteiger partial charge on any atom is 0.317 e. The Morgan fingerprint density at radius 3 is 1.34 bits per heavy atom. The Bertz CT molecular complexity index is 771. The fourth-order valence-corrected chi connectivity index (χ4v) is 4.05. The first-order chi connectivity index (χ1) is 17.9. The zero-order valence-electron chi connectivity index (χ0n) is 21.6. The number of thiol groups is 1. The van der Waals surface area contributed by atoms with E-state index in [0.717, 1.165) is 0 Å². The molecule has 2 unspecified atom stereocenters. The minimum atomic E-state index is -1.04. The van der Waals surface area contributed by atoms with E-state index in [2.05, 4.69) is 23.3 Å². The third-order valence-corrected chi connectivity index (χ3v) is 6.14. The van der Waals surface area contributed by atoms with Crippen molar-refractivity contribution in [1.82, 2.24) is 30.2 Å². The summed E-state index contributed by atoms with van der Waals surface area (Å²) in [4.78, 5) is 65.8. The van der Waals surface area contributed by atoms with Crippen LogP contribution in [0.3, 0.4) is 0 Å². The molecule has 15 nitrogen and oxygen atoms in total. The van der Waals surface area contributed by atoms with Crippen LogP contribution in [0.1, 0.15) is 6.92 Å². The number of rotatable bonds is 13. The van der Waals surface area contributed by atoms with Crippen molar-refractivity contribution in [1.29, 1.82) is 0 Å². The molecule has 0 bridgehead atoms. The maximum absolute atomic E-state index is 12.8. The van der Waals surface area contributed by atoms with Crippen LogP contribution < -0.4 is 10.6 Å². The first-order valence-corrected chi connectivity index (χ1v) is 12.9. The van der Waals surface area contributed by atoms with Crippen LogP contribution in [0.4, 0.5) is 0 Å². The summed E-state index contributed by atoms with van der Waals surface area (Å²) in [6.07, 6.45) is -0.753. The molecule has 1 saturated heterocycles. The molecule has 16 heteroatoms. The summed E-state index contributed by atoms with van der Waals surface area (Å²) in [5.74, 6) is -4.05. The zero-order chi connectivity index (χ0) is 28.7. The van der Waals surface area contributed by atoms with Gasteiger partial charge in [-0.3, -0.25) is 43.6 Å². The number of aliphatic hydroxyl groups excluding tert-OH is 1. The Morgan fingerprint density at radius 1 is 0.711 bits per heavy atom. The lowest BCUT2D eigenvalue weighted by atomic mass is 10.2. The van der Waals surface area contributed by atoms with Gasteiger partial charge in [0.25, 0.3) is 0 Å². The molecule has 0 spiro atoms. The smallest absolute Gasteiger partial charge is 0.317 e. The molecular formula is C22H40N6O9S. The van der Waals surface area contributed by atoms with Crippen molar-refractivity contribution < 1.29 is 44.4 Å². The fourth-order valence-electron chi connectivity index (χ4n) is 3.79. The molecule has 0 aromatic carbocycles. The molecule has 0 aromatic heterocycles. The molecule has 6 N–H and O–H groups in total. The molecule has 2 atom stereocenters. The highest BCUT2D eigenvalue weighted by molar-refractivity contribution is 7.80. The van der Waals surface area contributed by atoms with E-state index in [4.69, 9.17) is 0 Å².